The maximum absolute atomic E-state index is 11.2. The second-order valence-electron chi connectivity index (χ2n) is 3.65. The smallest absolute Gasteiger partial charge is 0.316 e. The first-order valence-electron chi connectivity index (χ1n) is 6.00. The molecule has 0 aliphatic carbocycles. The van der Waals surface area contributed by atoms with E-state index in [1.54, 1.807) is 0 Å². The molecule has 1 heterocycles. The number of hydrogen-bond acceptors (Lipinski definition) is 6. The summed E-state index contributed by atoms with van der Waals surface area (Å²) in [6.45, 7) is 4.95. The van der Waals surface area contributed by atoms with Crippen molar-refractivity contribution in [1.29, 1.82) is 0 Å². The van der Waals surface area contributed by atoms with Gasteiger partial charge < -0.3 is 10.1 Å². The molecule has 6 heteroatoms. The molecule has 5 nitrogen and oxygen atoms in total. The molecule has 0 aliphatic rings. The maximum atomic E-state index is 11.2. The van der Waals surface area contributed by atoms with Crippen molar-refractivity contribution >= 4 is 23.5 Å². The highest BCUT2D eigenvalue weighted by Crippen LogP contribution is 2.26. The SMILES string of the molecule is CCCc1c(NCC)ncnc1SCC(=O)OC. The van der Waals surface area contributed by atoms with Crippen LogP contribution in [-0.4, -0.2) is 35.3 Å². The molecule has 0 saturated carbocycles. The lowest BCUT2D eigenvalue weighted by Gasteiger charge is -2.12. The number of rotatable bonds is 7. The van der Waals surface area contributed by atoms with Crippen LogP contribution < -0.4 is 5.32 Å². The van der Waals surface area contributed by atoms with Gasteiger partial charge in [0.25, 0.3) is 0 Å². The molecule has 18 heavy (non-hydrogen) atoms. The Bertz CT molecular complexity index is 399. The van der Waals surface area contributed by atoms with Gasteiger partial charge in [-0.15, -0.1) is 0 Å². The quantitative estimate of drug-likeness (QED) is 0.465. The number of carbonyl (C=O) groups is 1. The van der Waals surface area contributed by atoms with Crippen LogP contribution in [0.5, 0.6) is 0 Å². The van der Waals surface area contributed by atoms with Gasteiger partial charge in [-0.1, -0.05) is 25.1 Å². The molecule has 1 aromatic rings. The molecule has 0 fully saturated rings. The molecule has 0 aliphatic heterocycles. The van der Waals surface area contributed by atoms with Crippen LogP contribution in [0.15, 0.2) is 11.4 Å². The van der Waals surface area contributed by atoms with E-state index < -0.39 is 0 Å². The predicted molar refractivity (Wildman–Crippen MR) is 72.9 cm³/mol. The van der Waals surface area contributed by atoms with Gasteiger partial charge in [0, 0.05) is 12.1 Å². The molecule has 0 saturated heterocycles. The summed E-state index contributed by atoms with van der Waals surface area (Å²) in [5.74, 6) is 0.892. The average Bonchev–Trinajstić information content (AvgIpc) is 2.39. The largest absolute Gasteiger partial charge is 0.468 e. The fourth-order valence-corrected chi connectivity index (χ4v) is 2.37. The van der Waals surface area contributed by atoms with Gasteiger partial charge in [0.1, 0.15) is 17.2 Å². The predicted octanol–water partition coefficient (Wildman–Crippen LogP) is 2.13. The second-order valence-corrected chi connectivity index (χ2v) is 4.62. The van der Waals surface area contributed by atoms with Crippen molar-refractivity contribution in [1.82, 2.24) is 9.97 Å². The number of carbonyl (C=O) groups excluding carboxylic acids is 1. The van der Waals surface area contributed by atoms with Crippen LogP contribution in [0.25, 0.3) is 0 Å². The Labute approximate surface area is 112 Å². The summed E-state index contributed by atoms with van der Waals surface area (Å²) in [5, 5.41) is 4.08. The molecule has 1 N–H and O–H groups in total. The maximum Gasteiger partial charge on any atom is 0.316 e. The van der Waals surface area contributed by atoms with Crippen molar-refractivity contribution < 1.29 is 9.53 Å². The molecule has 0 radical (unpaired) electrons. The van der Waals surface area contributed by atoms with Crippen LogP contribution in [0.4, 0.5) is 5.82 Å². The summed E-state index contributed by atoms with van der Waals surface area (Å²) >= 11 is 1.39. The van der Waals surface area contributed by atoms with E-state index >= 15 is 0 Å². The van der Waals surface area contributed by atoms with Crippen molar-refractivity contribution in [2.75, 3.05) is 24.7 Å². The topological polar surface area (TPSA) is 64.1 Å². The first-order valence-corrected chi connectivity index (χ1v) is 6.98. The van der Waals surface area contributed by atoms with Crippen LogP contribution in [0, 0.1) is 0 Å². The lowest BCUT2D eigenvalue weighted by Crippen LogP contribution is -2.08. The number of thioether (sulfide) groups is 1. The molecule has 100 valence electrons. The van der Waals surface area contributed by atoms with Gasteiger partial charge >= 0.3 is 5.97 Å². The van der Waals surface area contributed by atoms with E-state index in [1.807, 2.05) is 6.92 Å². The molecule has 0 atom stereocenters. The molecule has 0 spiro atoms. The summed E-state index contributed by atoms with van der Waals surface area (Å²) in [7, 11) is 1.39. The summed E-state index contributed by atoms with van der Waals surface area (Å²) in [5.41, 5.74) is 1.08. The first kappa shape index (κ1) is 14.8. The van der Waals surface area contributed by atoms with Gasteiger partial charge in [-0.3, -0.25) is 4.79 Å². The molecule has 0 amide bonds. The van der Waals surface area contributed by atoms with Gasteiger partial charge in [0.05, 0.1) is 12.9 Å². The second kappa shape index (κ2) is 7.92. The van der Waals surface area contributed by atoms with Crippen LogP contribution >= 0.6 is 11.8 Å². The molecule has 0 bridgehead atoms. The fourth-order valence-electron chi connectivity index (χ4n) is 1.50. The van der Waals surface area contributed by atoms with Crippen molar-refractivity contribution in [3.05, 3.63) is 11.9 Å². The minimum atomic E-state index is -0.244. The zero-order valence-electron chi connectivity index (χ0n) is 11.0. The van der Waals surface area contributed by atoms with Crippen LogP contribution in [0.1, 0.15) is 25.8 Å². The highest BCUT2D eigenvalue weighted by Gasteiger charge is 2.12. The zero-order chi connectivity index (χ0) is 13.4. The number of anilines is 1. The van der Waals surface area contributed by atoms with Crippen molar-refractivity contribution in [2.45, 2.75) is 31.7 Å². The van der Waals surface area contributed by atoms with Gasteiger partial charge in [0.2, 0.25) is 0 Å². The number of aromatic nitrogens is 2. The number of nitrogens with zero attached hydrogens (tertiary/aromatic N) is 2. The van der Waals surface area contributed by atoms with Gasteiger partial charge in [0.15, 0.2) is 0 Å². The summed E-state index contributed by atoms with van der Waals surface area (Å²) in [6, 6.07) is 0. The average molecular weight is 269 g/mol. The summed E-state index contributed by atoms with van der Waals surface area (Å²) < 4.78 is 4.63. The third kappa shape index (κ3) is 4.18. The van der Waals surface area contributed by atoms with Crippen molar-refractivity contribution in [3.8, 4) is 0 Å². The fraction of sp³-hybridized carbons (Fsp3) is 0.583. The van der Waals surface area contributed by atoms with Crippen LogP contribution in [-0.2, 0) is 16.0 Å². The Morgan fingerprint density at radius 2 is 2.22 bits per heavy atom. The van der Waals surface area contributed by atoms with Crippen LogP contribution in [0.2, 0.25) is 0 Å². The number of ether oxygens (including phenoxy) is 1. The van der Waals surface area contributed by atoms with Gasteiger partial charge in [-0.2, -0.15) is 0 Å². The zero-order valence-corrected chi connectivity index (χ0v) is 11.8. The minimum absolute atomic E-state index is 0.244. The third-order valence-corrected chi connectivity index (χ3v) is 3.31. The molecule has 1 aromatic heterocycles. The molecule has 1 rings (SSSR count). The van der Waals surface area contributed by atoms with E-state index in [1.165, 1.54) is 25.2 Å². The molecular weight excluding hydrogens is 250 g/mol. The van der Waals surface area contributed by atoms with E-state index in [4.69, 9.17) is 0 Å². The Morgan fingerprint density at radius 3 is 2.83 bits per heavy atom. The highest BCUT2D eigenvalue weighted by molar-refractivity contribution is 7.99. The minimum Gasteiger partial charge on any atom is -0.468 e. The lowest BCUT2D eigenvalue weighted by molar-refractivity contribution is -0.137. The normalized spacial score (nSPS) is 10.2. The summed E-state index contributed by atoms with van der Waals surface area (Å²) in [6.07, 6.45) is 3.43. The monoisotopic (exact) mass is 269 g/mol. The van der Waals surface area contributed by atoms with Gasteiger partial charge in [-0.05, 0) is 13.3 Å². The number of methoxy groups -OCH3 is 1. The van der Waals surface area contributed by atoms with Crippen molar-refractivity contribution in [2.24, 2.45) is 0 Å². The van der Waals surface area contributed by atoms with E-state index in [0.717, 1.165) is 35.8 Å². The number of hydrogen-bond donors (Lipinski definition) is 1. The van der Waals surface area contributed by atoms with E-state index in [9.17, 15) is 4.79 Å². The Morgan fingerprint density at radius 1 is 1.44 bits per heavy atom. The van der Waals surface area contributed by atoms with E-state index in [2.05, 4.69) is 26.9 Å². The number of nitrogens with one attached hydrogen (secondary N) is 1. The molecular formula is C12H19N3O2S. The van der Waals surface area contributed by atoms with Crippen molar-refractivity contribution in [3.63, 3.8) is 0 Å². The highest BCUT2D eigenvalue weighted by atomic mass is 32.2. The first-order chi connectivity index (χ1) is 8.72. The lowest BCUT2D eigenvalue weighted by atomic mass is 10.2. The van der Waals surface area contributed by atoms with Gasteiger partial charge in [-0.25, -0.2) is 9.97 Å². The Balaban J connectivity index is 2.87. The molecule has 0 aromatic carbocycles. The summed E-state index contributed by atoms with van der Waals surface area (Å²) in [4.78, 5) is 19.7. The Hall–Kier alpha value is -1.30. The number of esters is 1. The standard InChI is InChI=1S/C12H19N3O2S/c1-4-6-9-11(13-5-2)14-8-15-12(9)18-7-10(16)17-3/h8H,4-7H2,1-3H3,(H,13,14,15). The van der Waals surface area contributed by atoms with E-state index in [-0.39, 0.29) is 11.7 Å². The van der Waals surface area contributed by atoms with Crippen LogP contribution in [0.3, 0.4) is 0 Å². The van der Waals surface area contributed by atoms with E-state index in [0.29, 0.717) is 0 Å². The molecule has 0 unspecified atom stereocenters. The third-order valence-electron chi connectivity index (χ3n) is 2.30. The Kier molecular flexibility index (Phi) is 6.49.